The number of rotatable bonds is 9. The Morgan fingerprint density at radius 1 is 1.17 bits per heavy atom. The first kappa shape index (κ1) is 26.8. The fraction of sp³-hybridized carbons (Fsp3) is 0.357. The largest absolute Gasteiger partial charge is 0.351 e. The second-order valence-corrected chi connectivity index (χ2v) is 8.24. The average molecular weight is 488 g/mol. The van der Waals surface area contributed by atoms with E-state index in [4.69, 9.17) is 4.98 Å². The number of anilines is 2. The molecule has 0 aromatic carbocycles. The van der Waals surface area contributed by atoms with Crippen LogP contribution in [-0.2, 0) is 0 Å². The highest BCUT2D eigenvalue weighted by Gasteiger charge is 2.16. The first-order chi connectivity index (χ1) is 17.7. The molecule has 1 amide bonds. The van der Waals surface area contributed by atoms with Crippen molar-refractivity contribution in [1.29, 1.82) is 0 Å². The lowest BCUT2D eigenvalue weighted by Gasteiger charge is -2.26. The molecule has 8 nitrogen and oxygen atoms in total. The smallest absolute Gasteiger partial charge is 0.255 e. The maximum atomic E-state index is 13.0. The number of allylic oxidation sites excluding steroid dienone is 5. The number of nitrogens with one attached hydrogen (secondary N) is 2. The number of piperidine rings is 1. The van der Waals surface area contributed by atoms with Crippen LogP contribution in [0.2, 0.25) is 0 Å². The number of hydrogen-bond donors (Lipinski definition) is 2. The van der Waals surface area contributed by atoms with Crippen LogP contribution in [0.4, 0.5) is 11.5 Å². The predicted molar refractivity (Wildman–Crippen MR) is 147 cm³/mol. The average Bonchev–Trinajstić information content (AvgIpc) is 3.40. The molecule has 1 fully saturated rings. The Bertz CT molecular complexity index is 1210. The number of carbonyl (C=O) groups excluding carboxylic acids is 1. The van der Waals surface area contributed by atoms with Crippen LogP contribution in [0, 0.1) is 0 Å². The second-order valence-electron chi connectivity index (χ2n) is 8.24. The summed E-state index contributed by atoms with van der Waals surface area (Å²) in [6.07, 6.45) is 16.5. The van der Waals surface area contributed by atoms with Crippen LogP contribution < -0.4 is 10.6 Å². The summed E-state index contributed by atoms with van der Waals surface area (Å²) in [7, 11) is 0. The predicted octanol–water partition coefficient (Wildman–Crippen LogP) is 5.26. The van der Waals surface area contributed by atoms with Gasteiger partial charge < -0.3 is 15.5 Å². The Kier molecular flexibility index (Phi) is 10.4. The quantitative estimate of drug-likeness (QED) is 0.401. The fourth-order valence-electron chi connectivity index (χ4n) is 3.94. The third kappa shape index (κ3) is 7.11. The van der Waals surface area contributed by atoms with E-state index in [2.05, 4.69) is 32.2 Å². The fourth-order valence-corrected chi connectivity index (χ4v) is 3.94. The van der Waals surface area contributed by atoms with Crippen LogP contribution in [0.1, 0.15) is 56.2 Å². The third-order valence-corrected chi connectivity index (χ3v) is 5.76. The molecular weight excluding hydrogens is 450 g/mol. The molecule has 0 atom stereocenters. The van der Waals surface area contributed by atoms with Crippen molar-refractivity contribution in [2.45, 2.75) is 40.0 Å². The molecule has 3 aromatic rings. The summed E-state index contributed by atoms with van der Waals surface area (Å²) in [5.74, 6) is 0.921. The van der Waals surface area contributed by atoms with E-state index >= 15 is 0 Å². The highest BCUT2D eigenvalue weighted by Crippen LogP contribution is 2.24. The number of fused-ring (bicyclic) bond motifs is 1. The van der Waals surface area contributed by atoms with Gasteiger partial charge in [0.25, 0.3) is 5.91 Å². The highest BCUT2D eigenvalue weighted by atomic mass is 16.1. The molecule has 0 aliphatic carbocycles. The molecule has 2 N–H and O–H groups in total. The number of aromatic nitrogens is 4. The minimum Gasteiger partial charge on any atom is -0.351 e. The van der Waals surface area contributed by atoms with E-state index < -0.39 is 0 Å². The Morgan fingerprint density at radius 2 is 1.97 bits per heavy atom. The van der Waals surface area contributed by atoms with Gasteiger partial charge in [0.2, 0.25) is 0 Å². The van der Waals surface area contributed by atoms with E-state index in [1.54, 1.807) is 23.0 Å². The standard InChI is InChI=1S/C26H31N7O.C2H6/c1-3-4-6-10-20(2)24-30-25(23-11-9-17-33(23)31-24)29-22-12-13-27-19-21(22)26(34)28-14-18-32-15-7-5-8-16-32;1-2/h3-4,6,9-13,17,19H,2,5,7-8,14-16,18H2,1H3,(H,28,34)(H,27,29,30,31);1-2H3/b4-3-,10-6-;. The molecule has 0 saturated carbocycles. The molecule has 1 saturated heterocycles. The van der Waals surface area contributed by atoms with Gasteiger partial charge in [-0.1, -0.05) is 51.2 Å². The Balaban J connectivity index is 0.00000176. The maximum Gasteiger partial charge on any atom is 0.255 e. The van der Waals surface area contributed by atoms with Gasteiger partial charge >= 0.3 is 0 Å². The van der Waals surface area contributed by atoms with Crippen molar-refractivity contribution in [2.75, 3.05) is 31.5 Å². The van der Waals surface area contributed by atoms with E-state index in [0.29, 0.717) is 35.0 Å². The van der Waals surface area contributed by atoms with Gasteiger partial charge in [0.15, 0.2) is 11.6 Å². The number of likely N-dealkylation sites (tertiary alicyclic amines) is 1. The first-order valence-corrected chi connectivity index (χ1v) is 12.7. The monoisotopic (exact) mass is 487 g/mol. The summed E-state index contributed by atoms with van der Waals surface area (Å²) in [5, 5.41) is 10.9. The minimum absolute atomic E-state index is 0.160. The van der Waals surface area contributed by atoms with Gasteiger partial charge in [0, 0.05) is 37.3 Å². The summed E-state index contributed by atoms with van der Waals surface area (Å²) in [5.41, 5.74) is 2.58. The number of pyridine rings is 1. The molecule has 1 aliphatic rings. The van der Waals surface area contributed by atoms with Crippen LogP contribution in [-0.4, -0.2) is 56.6 Å². The number of hydrogen-bond acceptors (Lipinski definition) is 6. The molecule has 4 heterocycles. The lowest BCUT2D eigenvalue weighted by atomic mass is 10.1. The maximum absolute atomic E-state index is 13.0. The molecule has 0 radical (unpaired) electrons. The number of nitrogens with zero attached hydrogens (tertiary/aromatic N) is 5. The van der Waals surface area contributed by atoms with E-state index in [1.165, 1.54) is 19.3 Å². The molecule has 4 rings (SSSR count). The van der Waals surface area contributed by atoms with Gasteiger partial charge in [-0.25, -0.2) is 9.50 Å². The van der Waals surface area contributed by atoms with E-state index in [-0.39, 0.29) is 5.91 Å². The molecule has 0 spiro atoms. The molecule has 0 bridgehead atoms. The molecule has 36 heavy (non-hydrogen) atoms. The van der Waals surface area contributed by atoms with E-state index in [1.807, 2.05) is 63.4 Å². The molecule has 8 heteroatoms. The van der Waals surface area contributed by atoms with Crippen LogP contribution in [0.3, 0.4) is 0 Å². The zero-order valence-electron chi connectivity index (χ0n) is 21.6. The molecule has 3 aromatic heterocycles. The second kappa shape index (κ2) is 13.9. The molecule has 0 unspecified atom stereocenters. The summed E-state index contributed by atoms with van der Waals surface area (Å²) < 4.78 is 1.75. The third-order valence-electron chi connectivity index (χ3n) is 5.76. The van der Waals surface area contributed by atoms with Crippen LogP contribution in [0.25, 0.3) is 11.1 Å². The lowest BCUT2D eigenvalue weighted by Crippen LogP contribution is -2.37. The van der Waals surface area contributed by atoms with Crippen molar-refractivity contribution in [3.05, 3.63) is 79.1 Å². The van der Waals surface area contributed by atoms with Crippen molar-refractivity contribution in [3.8, 4) is 0 Å². The van der Waals surface area contributed by atoms with Crippen molar-refractivity contribution < 1.29 is 4.79 Å². The summed E-state index contributed by atoms with van der Waals surface area (Å²) >= 11 is 0. The zero-order valence-corrected chi connectivity index (χ0v) is 21.6. The van der Waals surface area contributed by atoms with Crippen molar-refractivity contribution in [3.63, 3.8) is 0 Å². The number of carbonyl (C=O) groups is 1. The highest BCUT2D eigenvalue weighted by molar-refractivity contribution is 6.00. The summed E-state index contributed by atoms with van der Waals surface area (Å²) in [6, 6.07) is 5.60. The molecular formula is C28H37N7O. The van der Waals surface area contributed by atoms with Crippen molar-refractivity contribution in [2.24, 2.45) is 0 Å². The van der Waals surface area contributed by atoms with Crippen LogP contribution >= 0.6 is 0 Å². The Morgan fingerprint density at radius 3 is 2.75 bits per heavy atom. The van der Waals surface area contributed by atoms with Gasteiger partial charge in [0.05, 0.1) is 11.3 Å². The van der Waals surface area contributed by atoms with Gasteiger partial charge in [-0.3, -0.25) is 9.78 Å². The van der Waals surface area contributed by atoms with E-state index in [0.717, 1.165) is 25.2 Å². The number of amides is 1. The van der Waals surface area contributed by atoms with Crippen LogP contribution in [0.15, 0.2) is 67.7 Å². The SMILES string of the molecule is C=C(/C=C\C=C/C)c1nc(Nc2ccncc2C(=O)NCCN2CCCCC2)c2cccn2n1.CC. The Labute approximate surface area is 213 Å². The normalized spacial score (nSPS) is 14.1. The van der Waals surface area contributed by atoms with Gasteiger partial charge in [-0.15, -0.1) is 5.10 Å². The zero-order chi connectivity index (χ0) is 25.8. The Hall–Kier alpha value is -3.78. The van der Waals surface area contributed by atoms with Gasteiger partial charge in [-0.05, 0) is 51.1 Å². The van der Waals surface area contributed by atoms with Crippen molar-refractivity contribution >= 4 is 28.5 Å². The van der Waals surface area contributed by atoms with Crippen LogP contribution in [0.5, 0.6) is 0 Å². The molecule has 190 valence electrons. The topological polar surface area (TPSA) is 87.4 Å². The lowest BCUT2D eigenvalue weighted by molar-refractivity contribution is 0.0947. The molecule has 1 aliphatic heterocycles. The van der Waals surface area contributed by atoms with E-state index in [9.17, 15) is 4.79 Å². The van der Waals surface area contributed by atoms with Crippen molar-refractivity contribution in [1.82, 2.24) is 29.8 Å². The van der Waals surface area contributed by atoms with Gasteiger partial charge in [-0.2, -0.15) is 0 Å². The minimum atomic E-state index is -0.160. The summed E-state index contributed by atoms with van der Waals surface area (Å²) in [4.78, 5) is 24.2. The summed E-state index contributed by atoms with van der Waals surface area (Å²) in [6.45, 7) is 13.7. The van der Waals surface area contributed by atoms with Gasteiger partial charge in [0.1, 0.15) is 5.52 Å². The first-order valence-electron chi connectivity index (χ1n) is 12.7.